The van der Waals surface area contributed by atoms with Crippen LogP contribution in [0.2, 0.25) is 0 Å². The standard InChI is InChI=1S/C13H18N2O3/c16-12(17)11-8-10(4-7-14-11)15-9-13(18)5-2-1-3-6-13/h4,7-8,18H,1-3,5-6,9H2,(H,14,15)(H,16,17). The predicted octanol–water partition coefficient (Wildman–Crippen LogP) is 1.89. The first-order valence-corrected chi connectivity index (χ1v) is 6.25. The van der Waals surface area contributed by atoms with Crippen molar-refractivity contribution in [2.45, 2.75) is 37.7 Å². The molecule has 1 aliphatic rings. The minimum atomic E-state index is -1.05. The molecular weight excluding hydrogens is 232 g/mol. The van der Waals surface area contributed by atoms with Crippen LogP contribution < -0.4 is 5.32 Å². The van der Waals surface area contributed by atoms with Gasteiger partial charge in [-0.3, -0.25) is 0 Å². The highest BCUT2D eigenvalue weighted by molar-refractivity contribution is 5.86. The van der Waals surface area contributed by atoms with Crippen molar-refractivity contribution in [1.29, 1.82) is 0 Å². The van der Waals surface area contributed by atoms with Gasteiger partial charge in [-0.15, -0.1) is 0 Å². The quantitative estimate of drug-likeness (QED) is 0.760. The molecule has 5 nitrogen and oxygen atoms in total. The SMILES string of the molecule is O=C(O)c1cc(NCC2(O)CCCCC2)ccn1. The summed E-state index contributed by atoms with van der Waals surface area (Å²) in [5.74, 6) is -1.05. The number of aromatic nitrogens is 1. The average molecular weight is 250 g/mol. The van der Waals surface area contributed by atoms with Crippen molar-refractivity contribution in [2.75, 3.05) is 11.9 Å². The average Bonchev–Trinajstić information content (AvgIpc) is 2.38. The summed E-state index contributed by atoms with van der Waals surface area (Å²) >= 11 is 0. The number of rotatable bonds is 4. The predicted molar refractivity (Wildman–Crippen MR) is 67.7 cm³/mol. The number of carboxylic acids is 1. The molecule has 0 aromatic carbocycles. The van der Waals surface area contributed by atoms with E-state index in [1.165, 1.54) is 18.7 Å². The van der Waals surface area contributed by atoms with E-state index in [1.807, 2.05) is 0 Å². The Morgan fingerprint density at radius 2 is 2.11 bits per heavy atom. The molecule has 3 N–H and O–H groups in total. The highest BCUT2D eigenvalue weighted by atomic mass is 16.4. The molecule has 0 atom stereocenters. The fraction of sp³-hybridized carbons (Fsp3) is 0.538. The maximum atomic E-state index is 10.8. The molecule has 0 bridgehead atoms. The second-order valence-electron chi connectivity index (χ2n) is 4.87. The number of aliphatic hydroxyl groups is 1. The van der Waals surface area contributed by atoms with Crippen LogP contribution in [0.5, 0.6) is 0 Å². The molecule has 0 saturated heterocycles. The number of nitrogens with one attached hydrogen (secondary N) is 1. The van der Waals surface area contributed by atoms with E-state index < -0.39 is 11.6 Å². The molecule has 1 heterocycles. The number of nitrogens with zero attached hydrogens (tertiary/aromatic N) is 1. The summed E-state index contributed by atoms with van der Waals surface area (Å²) in [5.41, 5.74) is 0.0299. The van der Waals surface area contributed by atoms with Crippen LogP contribution >= 0.6 is 0 Å². The normalized spacial score (nSPS) is 18.3. The molecule has 0 aliphatic heterocycles. The second-order valence-corrected chi connectivity index (χ2v) is 4.87. The van der Waals surface area contributed by atoms with Gasteiger partial charge < -0.3 is 15.5 Å². The molecular formula is C13H18N2O3. The highest BCUT2D eigenvalue weighted by Crippen LogP contribution is 2.28. The van der Waals surface area contributed by atoms with Gasteiger partial charge in [0.25, 0.3) is 0 Å². The molecule has 0 radical (unpaired) electrons. The van der Waals surface area contributed by atoms with E-state index in [-0.39, 0.29) is 5.69 Å². The van der Waals surface area contributed by atoms with Crippen LogP contribution in [-0.2, 0) is 0 Å². The summed E-state index contributed by atoms with van der Waals surface area (Å²) in [6.07, 6.45) is 6.34. The summed E-state index contributed by atoms with van der Waals surface area (Å²) in [6.45, 7) is 0.454. The fourth-order valence-electron chi connectivity index (χ4n) is 2.31. The molecule has 5 heteroatoms. The number of pyridine rings is 1. The Morgan fingerprint density at radius 3 is 2.78 bits per heavy atom. The maximum Gasteiger partial charge on any atom is 0.354 e. The Morgan fingerprint density at radius 1 is 1.39 bits per heavy atom. The minimum absolute atomic E-state index is 0.00985. The number of hydrogen-bond acceptors (Lipinski definition) is 4. The van der Waals surface area contributed by atoms with E-state index >= 15 is 0 Å². The molecule has 1 aromatic heterocycles. The first-order chi connectivity index (χ1) is 8.59. The van der Waals surface area contributed by atoms with Gasteiger partial charge in [-0.1, -0.05) is 19.3 Å². The van der Waals surface area contributed by atoms with E-state index in [2.05, 4.69) is 10.3 Å². The first kappa shape index (κ1) is 12.8. The molecule has 2 rings (SSSR count). The third kappa shape index (κ3) is 3.20. The van der Waals surface area contributed by atoms with Crippen LogP contribution in [0.4, 0.5) is 5.69 Å². The van der Waals surface area contributed by atoms with Crippen molar-refractivity contribution >= 4 is 11.7 Å². The topological polar surface area (TPSA) is 82.5 Å². The molecule has 18 heavy (non-hydrogen) atoms. The van der Waals surface area contributed by atoms with E-state index in [0.717, 1.165) is 25.7 Å². The largest absolute Gasteiger partial charge is 0.477 e. The van der Waals surface area contributed by atoms with Crippen molar-refractivity contribution in [2.24, 2.45) is 0 Å². The summed E-state index contributed by atoms with van der Waals surface area (Å²) in [7, 11) is 0. The lowest BCUT2D eigenvalue weighted by atomic mass is 9.85. The third-order valence-corrected chi connectivity index (χ3v) is 3.38. The molecule has 0 spiro atoms. The Balaban J connectivity index is 1.97. The number of anilines is 1. The van der Waals surface area contributed by atoms with Crippen molar-refractivity contribution < 1.29 is 15.0 Å². The van der Waals surface area contributed by atoms with Crippen molar-refractivity contribution in [3.63, 3.8) is 0 Å². The second kappa shape index (κ2) is 5.35. The summed E-state index contributed by atoms with van der Waals surface area (Å²) in [6, 6.07) is 3.19. The van der Waals surface area contributed by atoms with E-state index in [4.69, 9.17) is 5.11 Å². The van der Waals surface area contributed by atoms with Crippen LogP contribution in [-0.4, -0.2) is 33.3 Å². The molecule has 1 fully saturated rings. The molecule has 0 unspecified atom stereocenters. The minimum Gasteiger partial charge on any atom is -0.477 e. The van der Waals surface area contributed by atoms with Crippen LogP contribution in [0, 0.1) is 0 Å². The Bertz CT molecular complexity index is 428. The van der Waals surface area contributed by atoms with Gasteiger partial charge in [0.15, 0.2) is 0 Å². The summed E-state index contributed by atoms with van der Waals surface area (Å²) in [4.78, 5) is 14.5. The number of carbonyl (C=O) groups is 1. The van der Waals surface area contributed by atoms with E-state index in [0.29, 0.717) is 12.2 Å². The number of aromatic carboxylic acids is 1. The summed E-state index contributed by atoms with van der Waals surface area (Å²) in [5, 5.41) is 22.3. The fourth-order valence-corrected chi connectivity index (χ4v) is 2.31. The van der Waals surface area contributed by atoms with E-state index in [9.17, 15) is 9.90 Å². The van der Waals surface area contributed by atoms with Gasteiger partial charge in [-0.2, -0.15) is 0 Å². The van der Waals surface area contributed by atoms with Crippen LogP contribution in [0.3, 0.4) is 0 Å². The molecule has 1 saturated carbocycles. The van der Waals surface area contributed by atoms with E-state index in [1.54, 1.807) is 6.07 Å². The zero-order valence-electron chi connectivity index (χ0n) is 10.2. The van der Waals surface area contributed by atoms with Crippen LogP contribution in [0.15, 0.2) is 18.3 Å². The van der Waals surface area contributed by atoms with Crippen LogP contribution in [0.1, 0.15) is 42.6 Å². The van der Waals surface area contributed by atoms with Crippen LogP contribution in [0.25, 0.3) is 0 Å². The van der Waals surface area contributed by atoms with Crippen molar-refractivity contribution in [3.05, 3.63) is 24.0 Å². The summed E-state index contributed by atoms with van der Waals surface area (Å²) < 4.78 is 0. The molecule has 1 aliphatic carbocycles. The van der Waals surface area contributed by atoms with Gasteiger partial charge in [0.05, 0.1) is 5.60 Å². The zero-order valence-corrected chi connectivity index (χ0v) is 10.2. The smallest absolute Gasteiger partial charge is 0.354 e. The number of carboxylic acid groups (broad SMARTS) is 1. The Labute approximate surface area is 106 Å². The number of hydrogen-bond donors (Lipinski definition) is 3. The van der Waals surface area contributed by atoms with Crippen molar-refractivity contribution in [1.82, 2.24) is 4.98 Å². The molecule has 98 valence electrons. The lowest BCUT2D eigenvalue weighted by Gasteiger charge is -2.32. The Kier molecular flexibility index (Phi) is 3.81. The van der Waals surface area contributed by atoms with Gasteiger partial charge in [0.2, 0.25) is 0 Å². The van der Waals surface area contributed by atoms with Gasteiger partial charge in [0, 0.05) is 18.4 Å². The van der Waals surface area contributed by atoms with Crippen molar-refractivity contribution in [3.8, 4) is 0 Å². The van der Waals surface area contributed by atoms with Gasteiger partial charge in [0.1, 0.15) is 5.69 Å². The highest BCUT2D eigenvalue weighted by Gasteiger charge is 2.28. The maximum absolute atomic E-state index is 10.8. The third-order valence-electron chi connectivity index (χ3n) is 3.38. The lowest BCUT2D eigenvalue weighted by Crippen LogP contribution is -2.38. The molecule has 0 amide bonds. The van der Waals surface area contributed by atoms with Gasteiger partial charge in [-0.25, -0.2) is 9.78 Å². The lowest BCUT2D eigenvalue weighted by molar-refractivity contribution is 0.0167. The van der Waals surface area contributed by atoms with Gasteiger partial charge >= 0.3 is 5.97 Å². The van der Waals surface area contributed by atoms with Gasteiger partial charge in [-0.05, 0) is 25.0 Å². The zero-order chi connectivity index (χ0) is 13.0. The first-order valence-electron chi connectivity index (χ1n) is 6.25. The Hall–Kier alpha value is -1.62. The monoisotopic (exact) mass is 250 g/mol. The molecule has 1 aromatic rings.